The third-order valence-corrected chi connectivity index (χ3v) is 6.27. The number of fused-ring (bicyclic) bond motifs is 2. The first-order valence-electron chi connectivity index (χ1n) is 9.02. The molecule has 2 atom stereocenters. The number of aromatic nitrogens is 4. The van der Waals surface area contributed by atoms with Gasteiger partial charge in [-0.1, -0.05) is 0 Å². The third kappa shape index (κ3) is 2.73. The molecule has 0 aliphatic carbocycles. The molecule has 4 aromatic heterocycles. The molecule has 1 fully saturated rings. The van der Waals surface area contributed by atoms with E-state index in [1.54, 1.807) is 29.8 Å². The van der Waals surface area contributed by atoms with E-state index in [9.17, 15) is 13.6 Å². The van der Waals surface area contributed by atoms with Crippen molar-refractivity contribution in [1.29, 1.82) is 0 Å². The number of halogens is 2. The van der Waals surface area contributed by atoms with Crippen molar-refractivity contribution in [2.75, 3.05) is 13.1 Å². The van der Waals surface area contributed by atoms with Gasteiger partial charge < -0.3 is 9.72 Å². The fourth-order valence-electron chi connectivity index (χ4n) is 3.74. The molecule has 1 saturated heterocycles. The average Bonchev–Trinajstić information content (AvgIpc) is 3.27. The lowest BCUT2D eigenvalue weighted by Gasteiger charge is -2.27. The molecule has 0 aromatic carbocycles. The fourth-order valence-corrected chi connectivity index (χ4v) is 4.77. The molecule has 28 heavy (non-hydrogen) atoms. The molecule has 1 aliphatic rings. The smallest absolute Gasteiger partial charge is 0.271 e. The van der Waals surface area contributed by atoms with E-state index in [0.29, 0.717) is 28.7 Å². The van der Waals surface area contributed by atoms with E-state index in [1.807, 2.05) is 0 Å². The molecule has 0 radical (unpaired) electrons. The van der Waals surface area contributed by atoms with Gasteiger partial charge in [0, 0.05) is 29.4 Å². The second-order valence-corrected chi connectivity index (χ2v) is 8.10. The summed E-state index contributed by atoms with van der Waals surface area (Å²) in [4.78, 5) is 22.2. The highest BCUT2D eigenvalue weighted by Crippen LogP contribution is 2.32. The summed E-state index contributed by atoms with van der Waals surface area (Å²) < 4.78 is 32.2. The third-order valence-electron chi connectivity index (χ3n) is 5.10. The van der Waals surface area contributed by atoms with Crippen LogP contribution in [-0.2, 0) is 0 Å². The van der Waals surface area contributed by atoms with Gasteiger partial charge in [-0.15, -0.1) is 11.3 Å². The van der Waals surface area contributed by atoms with Crippen LogP contribution < -0.4 is 10.9 Å². The van der Waals surface area contributed by atoms with E-state index in [-0.39, 0.29) is 17.8 Å². The number of aryl methyl sites for hydroxylation is 1. The van der Waals surface area contributed by atoms with Gasteiger partial charge in [-0.3, -0.25) is 9.36 Å². The van der Waals surface area contributed by atoms with Crippen molar-refractivity contribution in [2.24, 2.45) is 0 Å². The van der Waals surface area contributed by atoms with Gasteiger partial charge in [-0.2, -0.15) is 0 Å². The summed E-state index contributed by atoms with van der Waals surface area (Å²) in [6.07, 6.45) is 4.36. The predicted octanol–water partition coefficient (Wildman–Crippen LogP) is 3.09. The summed E-state index contributed by atoms with van der Waals surface area (Å²) >= 11 is 1.25. The van der Waals surface area contributed by atoms with Crippen molar-refractivity contribution in [2.45, 2.75) is 25.6 Å². The van der Waals surface area contributed by atoms with Crippen LogP contribution in [0.2, 0.25) is 0 Å². The molecule has 144 valence electrons. The largest absolute Gasteiger partial charge is 0.314 e. The lowest BCUT2D eigenvalue weighted by Crippen LogP contribution is -2.42. The first-order valence-corrected chi connectivity index (χ1v) is 9.83. The Labute approximate surface area is 162 Å². The van der Waals surface area contributed by atoms with E-state index in [4.69, 9.17) is 0 Å². The molecule has 5 heterocycles. The molecule has 5 rings (SSSR count). The molecule has 0 saturated carbocycles. The van der Waals surface area contributed by atoms with Crippen LogP contribution in [0, 0.1) is 12.7 Å². The second-order valence-electron chi connectivity index (χ2n) is 7.05. The molecule has 1 N–H and O–H groups in total. The molecule has 9 heteroatoms. The van der Waals surface area contributed by atoms with Gasteiger partial charge in [0.1, 0.15) is 10.9 Å². The van der Waals surface area contributed by atoms with Gasteiger partial charge in [0.25, 0.3) is 5.56 Å². The Balaban J connectivity index is 1.62. The van der Waals surface area contributed by atoms with Crippen LogP contribution >= 0.6 is 11.3 Å². The highest BCUT2D eigenvalue weighted by molar-refractivity contribution is 7.22. The van der Waals surface area contributed by atoms with Crippen molar-refractivity contribution in [3.8, 4) is 10.4 Å². The summed E-state index contributed by atoms with van der Waals surface area (Å²) in [6, 6.07) is 2.67. The first kappa shape index (κ1) is 17.4. The van der Waals surface area contributed by atoms with Crippen molar-refractivity contribution >= 4 is 27.2 Å². The topological polar surface area (TPSA) is 64.2 Å². The van der Waals surface area contributed by atoms with Gasteiger partial charge >= 0.3 is 0 Å². The van der Waals surface area contributed by atoms with Crippen LogP contribution in [0.4, 0.5) is 8.78 Å². The van der Waals surface area contributed by atoms with Crippen LogP contribution in [0.15, 0.2) is 35.6 Å². The highest BCUT2D eigenvalue weighted by Gasteiger charge is 2.27. The van der Waals surface area contributed by atoms with E-state index in [1.165, 1.54) is 28.3 Å². The average molecular weight is 401 g/mol. The molecular weight excluding hydrogens is 384 g/mol. The van der Waals surface area contributed by atoms with E-state index >= 15 is 0 Å². The Morgan fingerprint density at radius 1 is 1.32 bits per heavy atom. The monoisotopic (exact) mass is 401 g/mol. The van der Waals surface area contributed by atoms with Crippen LogP contribution in [0.5, 0.6) is 0 Å². The number of alkyl halides is 1. The molecule has 6 nitrogen and oxygen atoms in total. The quantitative estimate of drug-likeness (QED) is 0.561. The molecule has 0 spiro atoms. The number of nitrogens with zero attached hydrogens (tertiary/aromatic N) is 4. The van der Waals surface area contributed by atoms with E-state index < -0.39 is 18.0 Å². The summed E-state index contributed by atoms with van der Waals surface area (Å²) in [6.45, 7) is 2.69. The number of thiophene rings is 1. The minimum Gasteiger partial charge on any atom is -0.314 e. The number of nitrogens with one attached hydrogen (secondary N) is 1. The van der Waals surface area contributed by atoms with Crippen molar-refractivity contribution in [3.05, 3.63) is 52.7 Å². The van der Waals surface area contributed by atoms with Crippen LogP contribution in [-0.4, -0.2) is 38.2 Å². The Bertz CT molecular complexity index is 1260. The SMILES string of the molecule is Cc1cn2cc(-c3cc4ncn([C@H]5CCNC[C@@H]5F)c(=O)c4s3)cc(F)c2n1. The highest BCUT2D eigenvalue weighted by atomic mass is 32.1. The number of imidazole rings is 1. The maximum absolute atomic E-state index is 14.4. The van der Waals surface area contributed by atoms with Crippen LogP contribution in [0.1, 0.15) is 18.2 Å². The lowest BCUT2D eigenvalue weighted by atomic mass is 10.0. The number of rotatable bonds is 2. The molecule has 4 aromatic rings. The van der Waals surface area contributed by atoms with Gasteiger partial charge in [-0.25, -0.2) is 18.7 Å². The summed E-state index contributed by atoms with van der Waals surface area (Å²) in [7, 11) is 0. The van der Waals surface area contributed by atoms with E-state index in [2.05, 4.69) is 15.3 Å². The molecular formula is C19H17F2N5OS. The fraction of sp³-hybridized carbons (Fsp3) is 0.316. The summed E-state index contributed by atoms with van der Waals surface area (Å²) in [5.74, 6) is -0.427. The van der Waals surface area contributed by atoms with Crippen LogP contribution in [0.3, 0.4) is 0 Å². The summed E-state index contributed by atoms with van der Waals surface area (Å²) in [5.41, 5.74) is 1.91. The number of hydrogen-bond donors (Lipinski definition) is 1. The van der Waals surface area contributed by atoms with Gasteiger partial charge in [0.2, 0.25) is 0 Å². The molecule has 1 aliphatic heterocycles. The number of pyridine rings is 1. The Hall–Kier alpha value is -2.65. The zero-order valence-electron chi connectivity index (χ0n) is 15.0. The molecule has 0 bridgehead atoms. The van der Waals surface area contributed by atoms with E-state index in [0.717, 1.165) is 10.6 Å². The molecule has 0 amide bonds. The van der Waals surface area contributed by atoms with Crippen molar-refractivity contribution in [1.82, 2.24) is 24.3 Å². The Morgan fingerprint density at radius 2 is 2.18 bits per heavy atom. The van der Waals surface area contributed by atoms with Gasteiger partial charge in [0.05, 0.1) is 23.6 Å². The lowest BCUT2D eigenvalue weighted by molar-refractivity contribution is 0.180. The maximum atomic E-state index is 14.4. The first-order chi connectivity index (χ1) is 13.5. The standard InChI is InChI=1S/C19H17F2N5OS/c1-10-7-25-8-11(4-12(20)18(25)24-10)16-5-14-17(28-16)19(27)26(9-23-14)15-2-3-22-6-13(15)21/h4-5,7-9,13,15,22H,2-3,6H2,1H3/t13-,15-/m0/s1. The second kappa shape index (κ2) is 6.46. The molecule has 0 unspecified atom stereocenters. The predicted molar refractivity (Wildman–Crippen MR) is 104 cm³/mol. The Morgan fingerprint density at radius 3 is 3.00 bits per heavy atom. The normalized spacial score (nSPS) is 20.2. The minimum absolute atomic E-state index is 0.231. The van der Waals surface area contributed by atoms with Crippen LogP contribution in [0.25, 0.3) is 26.3 Å². The zero-order chi connectivity index (χ0) is 19.4. The van der Waals surface area contributed by atoms with Gasteiger partial charge in [-0.05, 0) is 32.0 Å². The minimum atomic E-state index is -1.13. The Kier molecular flexibility index (Phi) is 4.02. The number of hydrogen-bond acceptors (Lipinski definition) is 5. The number of piperidine rings is 1. The van der Waals surface area contributed by atoms with Crippen molar-refractivity contribution in [3.63, 3.8) is 0 Å². The van der Waals surface area contributed by atoms with Crippen molar-refractivity contribution < 1.29 is 8.78 Å². The van der Waals surface area contributed by atoms with Gasteiger partial charge in [0.15, 0.2) is 11.5 Å². The zero-order valence-corrected chi connectivity index (χ0v) is 15.8. The summed E-state index contributed by atoms with van der Waals surface area (Å²) in [5, 5.41) is 2.99. The maximum Gasteiger partial charge on any atom is 0.271 e.